The number of aryl methyl sites for hydroxylation is 1. The summed E-state index contributed by atoms with van der Waals surface area (Å²) in [7, 11) is 0. The van der Waals surface area contributed by atoms with Crippen LogP contribution in [0, 0.1) is 6.92 Å². The van der Waals surface area contributed by atoms with Gasteiger partial charge in [-0.2, -0.15) is 26.3 Å². The second-order valence-electron chi connectivity index (χ2n) is 6.74. The molecule has 1 amide bonds. The number of hydrogen-bond acceptors (Lipinski definition) is 2. The molecule has 0 aliphatic carbocycles. The molecule has 0 spiro atoms. The first kappa shape index (κ1) is 23.2. The summed E-state index contributed by atoms with van der Waals surface area (Å²) in [6.45, 7) is 1.78. The molecule has 0 saturated heterocycles. The molecule has 2 rings (SSSR count). The van der Waals surface area contributed by atoms with Gasteiger partial charge in [0, 0.05) is 6.42 Å². The van der Waals surface area contributed by atoms with Crippen LogP contribution in [-0.2, 0) is 34.8 Å². The Labute approximate surface area is 167 Å². The summed E-state index contributed by atoms with van der Waals surface area (Å²) >= 11 is 0. The molecule has 1 atom stereocenters. The number of amides is 1. The van der Waals surface area contributed by atoms with E-state index < -0.39 is 53.4 Å². The molecule has 2 N–H and O–H groups in total. The molecular formula is C20H17F6NO3. The summed E-state index contributed by atoms with van der Waals surface area (Å²) < 4.78 is 77.5. The monoisotopic (exact) mass is 433 g/mol. The maximum atomic E-state index is 12.9. The average Bonchev–Trinajstić information content (AvgIpc) is 2.59. The van der Waals surface area contributed by atoms with E-state index in [-0.39, 0.29) is 12.5 Å². The third-order valence-corrected chi connectivity index (χ3v) is 4.17. The maximum Gasteiger partial charge on any atom is 0.416 e. The Morgan fingerprint density at radius 1 is 0.933 bits per heavy atom. The van der Waals surface area contributed by atoms with E-state index in [4.69, 9.17) is 0 Å². The Morgan fingerprint density at radius 2 is 1.50 bits per heavy atom. The number of rotatable bonds is 6. The lowest BCUT2D eigenvalue weighted by Crippen LogP contribution is -2.43. The van der Waals surface area contributed by atoms with Crippen molar-refractivity contribution >= 4 is 11.9 Å². The van der Waals surface area contributed by atoms with Gasteiger partial charge in [0.1, 0.15) is 6.04 Å². The van der Waals surface area contributed by atoms with Gasteiger partial charge < -0.3 is 10.4 Å². The van der Waals surface area contributed by atoms with Crippen molar-refractivity contribution in [2.24, 2.45) is 0 Å². The van der Waals surface area contributed by atoms with Crippen molar-refractivity contribution in [2.75, 3.05) is 0 Å². The van der Waals surface area contributed by atoms with E-state index in [1.54, 1.807) is 31.2 Å². The second kappa shape index (κ2) is 8.76. The van der Waals surface area contributed by atoms with E-state index in [1.807, 2.05) is 0 Å². The quantitative estimate of drug-likeness (QED) is 0.665. The molecule has 162 valence electrons. The van der Waals surface area contributed by atoms with Crippen LogP contribution >= 0.6 is 0 Å². The molecular weight excluding hydrogens is 416 g/mol. The molecule has 10 heteroatoms. The van der Waals surface area contributed by atoms with Crippen molar-refractivity contribution in [2.45, 2.75) is 38.2 Å². The SMILES string of the molecule is Cc1cccc(C[C@@H](NC(=O)Cc2cc(C(F)(F)F)cc(C(F)(F)F)c2)C(=O)O)c1. The molecule has 0 saturated carbocycles. The first-order chi connectivity index (χ1) is 13.8. The maximum absolute atomic E-state index is 12.9. The lowest BCUT2D eigenvalue weighted by molar-refractivity contribution is -0.143. The van der Waals surface area contributed by atoms with Gasteiger partial charge in [-0.3, -0.25) is 4.79 Å². The van der Waals surface area contributed by atoms with Gasteiger partial charge in [-0.05, 0) is 36.2 Å². The third kappa shape index (κ3) is 6.50. The molecule has 0 aliphatic rings. The number of benzene rings is 2. The van der Waals surface area contributed by atoms with E-state index in [0.29, 0.717) is 17.7 Å². The number of hydrogen-bond donors (Lipinski definition) is 2. The van der Waals surface area contributed by atoms with Crippen molar-refractivity contribution < 1.29 is 41.0 Å². The number of aliphatic carboxylic acids is 1. The number of carboxylic acid groups (broad SMARTS) is 1. The van der Waals surface area contributed by atoms with Crippen LogP contribution in [0.4, 0.5) is 26.3 Å². The highest BCUT2D eigenvalue weighted by atomic mass is 19.4. The minimum absolute atomic E-state index is 0.0425. The number of nitrogens with one attached hydrogen (secondary N) is 1. The van der Waals surface area contributed by atoms with Crippen LogP contribution in [0.3, 0.4) is 0 Å². The summed E-state index contributed by atoms with van der Waals surface area (Å²) in [5.41, 5.74) is -2.17. The summed E-state index contributed by atoms with van der Waals surface area (Å²) in [5, 5.41) is 11.5. The Morgan fingerprint density at radius 3 is 1.97 bits per heavy atom. The van der Waals surface area contributed by atoms with Gasteiger partial charge in [-0.25, -0.2) is 4.79 Å². The van der Waals surface area contributed by atoms with E-state index in [2.05, 4.69) is 5.32 Å². The molecule has 0 aliphatic heterocycles. The lowest BCUT2D eigenvalue weighted by atomic mass is 10.0. The highest BCUT2D eigenvalue weighted by molar-refractivity contribution is 5.85. The number of carbonyl (C=O) groups excluding carboxylic acids is 1. The van der Waals surface area contributed by atoms with Gasteiger partial charge in [0.15, 0.2) is 0 Å². The van der Waals surface area contributed by atoms with Gasteiger partial charge in [-0.15, -0.1) is 0 Å². The highest BCUT2D eigenvalue weighted by Crippen LogP contribution is 2.36. The van der Waals surface area contributed by atoms with Crippen LogP contribution < -0.4 is 5.32 Å². The Balaban J connectivity index is 2.21. The third-order valence-electron chi connectivity index (χ3n) is 4.17. The Kier molecular flexibility index (Phi) is 6.79. The molecule has 0 heterocycles. The van der Waals surface area contributed by atoms with Gasteiger partial charge >= 0.3 is 18.3 Å². The van der Waals surface area contributed by atoms with Gasteiger partial charge in [0.2, 0.25) is 5.91 Å². The largest absolute Gasteiger partial charge is 0.480 e. The minimum atomic E-state index is -5.04. The van der Waals surface area contributed by atoms with Crippen LogP contribution in [0.25, 0.3) is 0 Å². The molecule has 2 aromatic rings. The molecule has 2 aromatic carbocycles. The highest BCUT2D eigenvalue weighted by Gasteiger charge is 2.37. The number of halogens is 6. The van der Waals surface area contributed by atoms with Crippen molar-refractivity contribution in [1.29, 1.82) is 0 Å². The standard InChI is InChI=1S/C20H17F6NO3/c1-11-3-2-4-12(5-11)8-16(18(29)30)27-17(28)9-13-6-14(19(21,22)23)10-15(7-13)20(24,25)26/h2-7,10,16H,8-9H2,1H3,(H,27,28)(H,29,30)/t16-/m1/s1. The molecule has 0 fully saturated rings. The summed E-state index contributed by atoms with van der Waals surface area (Å²) in [4.78, 5) is 23.6. The van der Waals surface area contributed by atoms with Crippen molar-refractivity contribution in [3.63, 3.8) is 0 Å². The van der Waals surface area contributed by atoms with Gasteiger partial charge in [-0.1, -0.05) is 29.8 Å². The molecule has 30 heavy (non-hydrogen) atoms. The lowest BCUT2D eigenvalue weighted by Gasteiger charge is -2.17. The fourth-order valence-electron chi connectivity index (χ4n) is 2.83. The van der Waals surface area contributed by atoms with Crippen LogP contribution in [-0.4, -0.2) is 23.0 Å². The first-order valence-corrected chi connectivity index (χ1v) is 8.62. The summed E-state index contributed by atoms with van der Waals surface area (Å²) in [6.07, 6.45) is -11.0. The molecule has 0 radical (unpaired) electrons. The zero-order chi connectivity index (χ0) is 22.7. The van der Waals surface area contributed by atoms with Crippen LogP contribution in [0.2, 0.25) is 0 Å². The fourth-order valence-corrected chi connectivity index (χ4v) is 2.83. The smallest absolute Gasteiger partial charge is 0.416 e. The van der Waals surface area contributed by atoms with Crippen molar-refractivity contribution in [1.82, 2.24) is 5.32 Å². The van der Waals surface area contributed by atoms with E-state index in [9.17, 15) is 41.0 Å². The predicted molar refractivity (Wildman–Crippen MR) is 94.6 cm³/mol. The minimum Gasteiger partial charge on any atom is -0.480 e. The topological polar surface area (TPSA) is 66.4 Å². The summed E-state index contributed by atoms with van der Waals surface area (Å²) in [5.74, 6) is -2.40. The van der Waals surface area contributed by atoms with Crippen LogP contribution in [0.5, 0.6) is 0 Å². The van der Waals surface area contributed by atoms with Gasteiger partial charge in [0.05, 0.1) is 17.5 Å². The van der Waals surface area contributed by atoms with E-state index in [0.717, 1.165) is 5.56 Å². The van der Waals surface area contributed by atoms with Crippen LogP contribution in [0.1, 0.15) is 27.8 Å². The fraction of sp³-hybridized carbons (Fsp3) is 0.300. The molecule has 0 aromatic heterocycles. The molecule has 0 unspecified atom stereocenters. The Bertz CT molecular complexity index is 905. The summed E-state index contributed by atoms with van der Waals surface area (Å²) in [6, 6.07) is 6.24. The van der Waals surface area contributed by atoms with E-state index in [1.165, 1.54) is 0 Å². The average molecular weight is 433 g/mol. The molecule has 4 nitrogen and oxygen atoms in total. The zero-order valence-electron chi connectivity index (χ0n) is 15.6. The van der Waals surface area contributed by atoms with Crippen LogP contribution in [0.15, 0.2) is 42.5 Å². The van der Waals surface area contributed by atoms with Crippen molar-refractivity contribution in [3.05, 3.63) is 70.3 Å². The number of carboxylic acids is 1. The van der Waals surface area contributed by atoms with Gasteiger partial charge in [0.25, 0.3) is 0 Å². The normalized spacial score (nSPS) is 13.0. The van der Waals surface area contributed by atoms with E-state index >= 15 is 0 Å². The number of alkyl halides is 6. The Hall–Kier alpha value is -3.04. The second-order valence-corrected chi connectivity index (χ2v) is 6.74. The molecule has 0 bridgehead atoms. The number of carbonyl (C=O) groups is 2. The predicted octanol–water partition coefficient (Wildman–Crippen LogP) is 4.39. The first-order valence-electron chi connectivity index (χ1n) is 8.62. The zero-order valence-corrected chi connectivity index (χ0v) is 15.6. The van der Waals surface area contributed by atoms with Crippen molar-refractivity contribution in [3.8, 4) is 0 Å².